The maximum absolute atomic E-state index is 5.37. The Morgan fingerprint density at radius 1 is 1.38 bits per heavy atom. The van der Waals surface area contributed by atoms with E-state index in [0.717, 1.165) is 11.4 Å². The number of aromatic nitrogens is 3. The Hall–Kier alpha value is -2.12. The normalized spacial score (nSPS) is 12.0. The van der Waals surface area contributed by atoms with Crippen LogP contribution in [0.5, 0.6) is 0 Å². The smallest absolute Gasteiger partial charge is 0.115 e. The predicted octanol–water partition coefficient (Wildman–Crippen LogP) is 1.16. The Kier molecular flexibility index (Phi) is 2.99. The van der Waals surface area contributed by atoms with Gasteiger partial charge in [-0.3, -0.25) is 0 Å². The standard InChI is InChI=1S/C12H12N4/c1-3-11(13-2)12-9-14-16(15-12)10-7-5-4-6-8-10/h1,4-9,11,13H,2H3. The van der Waals surface area contributed by atoms with E-state index in [-0.39, 0.29) is 6.04 Å². The van der Waals surface area contributed by atoms with E-state index in [1.54, 1.807) is 18.0 Å². The van der Waals surface area contributed by atoms with Gasteiger partial charge in [-0.25, -0.2) is 0 Å². The molecule has 1 aromatic carbocycles. The number of nitrogens with zero attached hydrogens (tertiary/aromatic N) is 3. The van der Waals surface area contributed by atoms with Gasteiger partial charge < -0.3 is 5.32 Å². The Labute approximate surface area is 94.3 Å². The molecule has 0 spiro atoms. The van der Waals surface area contributed by atoms with Crippen LogP contribution in [-0.2, 0) is 0 Å². The fourth-order valence-electron chi connectivity index (χ4n) is 1.41. The van der Waals surface area contributed by atoms with E-state index in [1.165, 1.54) is 0 Å². The molecule has 2 rings (SSSR count). The lowest BCUT2D eigenvalue weighted by Gasteiger charge is -2.03. The molecule has 1 N–H and O–H groups in total. The monoisotopic (exact) mass is 212 g/mol. The summed E-state index contributed by atoms with van der Waals surface area (Å²) in [7, 11) is 1.80. The molecule has 1 unspecified atom stereocenters. The summed E-state index contributed by atoms with van der Waals surface area (Å²) in [5, 5.41) is 11.5. The van der Waals surface area contributed by atoms with Crippen molar-refractivity contribution in [2.45, 2.75) is 6.04 Å². The minimum absolute atomic E-state index is 0.197. The zero-order valence-corrected chi connectivity index (χ0v) is 8.96. The SMILES string of the molecule is C#CC(NC)c1cnn(-c2ccccc2)n1. The molecule has 0 radical (unpaired) electrons. The number of nitrogens with one attached hydrogen (secondary N) is 1. The summed E-state index contributed by atoms with van der Waals surface area (Å²) in [4.78, 5) is 1.57. The van der Waals surface area contributed by atoms with E-state index in [2.05, 4.69) is 21.4 Å². The first-order chi connectivity index (χ1) is 7.85. The molecule has 80 valence electrons. The van der Waals surface area contributed by atoms with E-state index >= 15 is 0 Å². The summed E-state index contributed by atoms with van der Waals surface area (Å²) in [5.74, 6) is 2.61. The molecule has 16 heavy (non-hydrogen) atoms. The lowest BCUT2D eigenvalue weighted by Crippen LogP contribution is -2.15. The van der Waals surface area contributed by atoms with Gasteiger partial charge >= 0.3 is 0 Å². The maximum atomic E-state index is 5.37. The molecule has 0 aliphatic heterocycles. The van der Waals surface area contributed by atoms with Crippen LogP contribution >= 0.6 is 0 Å². The molecule has 0 saturated carbocycles. The number of hydrogen-bond acceptors (Lipinski definition) is 3. The van der Waals surface area contributed by atoms with Crippen LogP contribution in [0.15, 0.2) is 36.5 Å². The highest BCUT2D eigenvalue weighted by atomic mass is 15.5. The van der Waals surface area contributed by atoms with Crippen LogP contribution in [-0.4, -0.2) is 22.0 Å². The fraction of sp³-hybridized carbons (Fsp3) is 0.167. The largest absolute Gasteiger partial charge is 0.302 e. The second-order valence-electron chi connectivity index (χ2n) is 3.28. The lowest BCUT2D eigenvalue weighted by atomic mass is 10.2. The van der Waals surface area contributed by atoms with Gasteiger partial charge in [0.1, 0.15) is 11.7 Å². The molecule has 1 heterocycles. The van der Waals surface area contributed by atoms with Crippen LogP contribution in [0.2, 0.25) is 0 Å². The van der Waals surface area contributed by atoms with Crippen molar-refractivity contribution in [1.82, 2.24) is 20.3 Å². The van der Waals surface area contributed by atoms with Gasteiger partial charge in [0.15, 0.2) is 0 Å². The van der Waals surface area contributed by atoms with E-state index in [1.807, 2.05) is 30.3 Å². The molecule has 4 nitrogen and oxygen atoms in total. The Morgan fingerprint density at radius 2 is 2.12 bits per heavy atom. The highest BCUT2D eigenvalue weighted by Crippen LogP contribution is 2.09. The van der Waals surface area contributed by atoms with Crippen molar-refractivity contribution in [2.24, 2.45) is 0 Å². The highest BCUT2D eigenvalue weighted by molar-refractivity contribution is 5.29. The van der Waals surface area contributed by atoms with E-state index in [9.17, 15) is 0 Å². The summed E-state index contributed by atoms with van der Waals surface area (Å²) in [6.45, 7) is 0. The quantitative estimate of drug-likeness (QED) is 0.776. The zero-order valence-electron chi connectivity index (χ0n) is 8.96. The average Bonchev–Trinajstić information content (AvgIpc) is 2.81. The van der Waals surface area contributed by atoms with Crippen LogP contribution < -0.4 is 5.32 Å². The molecule has 0 aliphatic carbocycles. The summed E-state index contributed by atoms with van der Waals surface area (Å²) < 4.78 is 0. The van der Waals surface area contributed by atoms with Crippen molar-refractivity contribution in [1.29, 1.82) is 0 Å². The third kappa shape index (κ3) is 1.95. The molecule has 1 aromatic heterocycles. The summed E-state index contributed by atoms with van der Waals surface area (Å²) in [6.07, 6.45) is 7.05. The zero-order chi connectivity index (χ0) is 11.4. The van der Waals surface area contributed by atoms with Crippen molar-refractivity contribution < 1.29 is 0 Å². The summed E-state index contributed by atoms with van der Waals surface area (Å²) >= 11 is 0. The molecule has 0 aliphatic rings. The summed E-state index contributed by atoms with van der Waals surface area (Å²) in [5.41, 5.74) is 1.66. The number of para-hydroxylation sites is 1. The van der Waals surface area contributed by atoms with Gasteiger partial charge in [0.05, 0.1) is 11.9 Å². The van der Waals surface area contributed by atoms with Gasteiger partial charge in [-0.2, -0.15) is 15.0 Å². The van der Waals surface area contributed by atoms with Gasteiger partial charge in [-0.1, -0.05) is 24.1 Å². The second-order valence-corrected chi connectivity index (χ2v) is 3.28. The van der Waals surface area contributed by atoms with Crippen molar-refractivity contribution in [3.63, 3.8) is 0 Å². The third-order valence-electron chi connectivity index (χ3n) is 2.25. The van der Waals surface area contributed by atoms with Crippen LogP contribution in [0.4, 0.5) is 0 Å². The highest BCUT2D eigenvalue weighted by Gasteiger charge is 2.10. The molecule has 0 amide bonds. The van der Waals surface area contributed by atoms with Gasteiger partial charge in [-0.15, -0.1) is 6.42 Å². The van der Waals surface area contributed by atoms with Crippen LogP contribution in [0.3, 0.4) is 0 Å². The van der Waals surface area contributed by atoms with E-state index < -0.39 is 0 Å². The van der Waals surface area contributed by atoms with Gasteiger partial charge in [0.25, 0.3) is 0 Å². The Morgan fingerprint density at radius 3 is 2.75 bits per heavy atom. The van der Waals surface area contributed by atoms with Crippen LogP contribution in [0.1, 0.15) is 11.7 Å². The predicted molar refractivity (Wildman–Crippen MR) is 62.0 cm³/mol. The van der Waals surface area contributed by atoms with Crippen molar-refractivity contribution in [2.75, 3.05) is 7.05 Å². The first-order valence-corrected chi connectivity index (χ1v) is 4.96. The second kappa shape index (κ2) is 4.60. The maximum Gasteiger partial charge on any atom is 0.115 e. The van der Waals surface area contributed by atoms with Gasteiger partial charge in [0.2, 0.25) is 0 Å². The third-order valence-corrected chi connectivity index (χ3v) is 2.25. The topological polar surface area (TPSA) is 42.7 Å². The van der Waals surface area contributed by atoms with E-state index in [0.29, 0.717) is 0 Å². The van der Waals surface area contributed by atoms with Crippen LogP contribution in [0.25, 0.3) is 5.69 Å². The minimum atomic E-state index is -0.197. The number of benzene rings is 1. The average molecular weight is 212 g/mol. The van der Waals surface area contributed by atoms with Crippen molar-refractivity contribution >= 4 is 0 Å². The Bertz CT molecular complexity index is 495. The number of hydrogen-bond donors (Lipinski definition) is 1. The molecule has 4 heteroatoms. The number of rotatable bonds is 3. The van der Waals surface area contributed by atoms with Crippen LogP contribution in [0, 0.1) is 12.3 Å². The first kappa shape index (κ1) is 10.4. The molecule has 1 atom stereocenters. The van der Waals surface area contributed by atoms with Crippen molar-refractivity contribution in [3.8, 4) is 18.0 Å². The summed E-state index contributed by atoms with van der Waals surface area (Å²) in [6, 6.07) is 9.51. The lowest BCUT2D eigenvalue weighted by molar-refractivity contribution is 0.679. The number of terminal acetylenes is 1. The van der Waals surface area contributed by atoms with Gasteiger partial charge in [-0.05, 0) is 19.2 Å². The molecular formula is C12H12N4. The minimum Gasteiger partial charge on any atom is -0.302 e. The molecular weight excluding hydrogens is 200 g/mol. The van der Waals surface area contributed by atoms with Crippen molar-refractivity contribution in [3.05, 3.63) is 42.2 Å². The molecule has 0 saturated heterocycles. The van der Waals surface area contributed by atoms with E-state index in [4.69, 9.17) is 6.42 Å². The molecule has 0 bridgehead atoms. The first-order valence-electron chi connectivity index (χ1n) is 4.96. The molecule has 2 aromatic rings. The molecule has 0 fully saturated rings. The fourth-order valence-corrected chi connectivity index (χ4v) is 1.41. The Balaban J connectivity index is 2.30. The van der Waals surface area contributed by atoms with Gasteiger partial charge in [0, 0.05) is 0 Å².